The number of aromatic nitrogens is 6. The number of rotatable bonds is 5. The van der Waals surface area contributed by atoms with Crippen molar-refractivity contribution in [1.82, 2.24) is 29.7 Å². The molecule has 0 unspecified atom stereocenters. The second kappa shape index (κ2) is 10.4. The van der Waals surface area contributed by atoms with Gasteiger partial charge in [-0.15, -0.1) is 10.2 Å². The molecule has 0 aliphatic heterocycles. The molecule has 0 N–H and O–H groups in total. The maximum absolute atomic E-state index is 5.09. The van der Waals surface area contributed by atoms with Gasteiger partial charge in [0.1, 0.15) is 11.4 Å². The largest absolute Gasteiger partial charge is 0.272 e. The van der Waals surface area contributed by atoms with E-state index in [2.05, 4.69) is 69.8 Å². The summed E-state index contributed by atoms with van der Waals surface area (Å²) in [6.07, 6.45) is 1.77. The molecule has 4 heterocycles. The second-order valence-electron chi connectivity index (χ2n) is 10.3. The molecule has 43 heavy (non-hydrogen) atoms. The van der Waals surface area contributed by atoms with E-state index >= 15 is 0 Å². The van der Waals surface area contributed by atoms with E-state index in [9.17, 15) is 0 Å². The third kappa shape index (κ3) is 4.51. The van der Waals surface area contributed by atoms with Crippen LogP contribution in [0.2, 0.25) is 0 Å². The highest BCUT2D eigenvalue weighted by Gasteiger charge is 2.20. The van der Waals surface area contributed by atoms with Crippen LogP contribution in [0.25, 0.3) is 72.9 Å². The fourth-order valence-electron chi connectivity index (χ4n) is 5.55. The zero-order valence-corrected chi connectivity index (χ0v) is 23.0. The summed E-state index contributed by atoms with van der Waals surface area (Å²) in [6.45, 7) is 0. The van der Waals surface area contributed by atoms with E-state index in [1.165, 1.54) is 21.5 Å². The number of hydrogen-bond acceptors (Lipinski definition) is 5. The molecule has 0 aliphatic carbocycles. The third-order valence-corrected chi connectivity index (χ3v) is 7.60. The fourth-order valence-corrected chi connectivity index (χ4v) is 5.55. The number of hydrogen-bond donors (Lipinski definition) is 0. The van der Waals surface area contributed by atoms with Gasteiger partial charge in [-0.25, -0.2) is 9.97 Å². The molecule has 0 spiro atoms. The highest BCUT2D eigenvalue weighted by Crippen LogP contribution is 2.32. The van der Waals surface area contributed by atoms with E-state index in [1.807, 2.05) is 89.5 Å². The maximum atomic E-state index is 5.09. The third-order valence-electron chi connectivity index (χ3n) is 7.60. The summed E-state index contributed by atoms with van der Waals surface area (Å²) in [5.74, 6) is 1.27. The molecule has 0 fully saturated rings. The van der Waals surface area contributed by atoms with Crippen molar-refractivity contribution in [1.29, 1.82) is 0 Å². The lowest BCUT2D eigenvalue weighted by atomic mass is 9.99. The van der Waals surface area contributed by atoms with Gasteiger partial charge in [-0.3, -0.25) is 9.55 Å². The highest BCUT2D eigenvalue weighted by molar-refractivity contribution is 6.08. The fraction of sp³-hybridized carbons (Fsp3) is 0. The Hall–Kier alpha value is -6.01. The minimum Gasteiger partial charge on any atom is -0.272 e. The lowest BCUT2D eigenvalue weighted by Crippen LogP contribution is -2.03. The van der Waals surface area contributed by atoms with Gasteiger partial charge in [0.15, 0.2) is 11.6 Å². The maximum Gasteiger partial charge on any atom is 0.187 e. The van der Waals surface area contributed by atoms with E-state index in [-0.39, 0.29) is 0 Å². The SMILES string of the molecule is c1ccc(-n2c(-c3cccc(-c4ccc5c(ccc6ccccc65)c4)n3)nnc2-c2cccc(-c3ccccn3)n2)cc1. The van der Waals surface area contributed by atoms with Crippen LogP contribution in [0.1, 0.15) is 0 Å². The normalized spacial score (nSPS) is 11.3. The molecule has 0 aliphatic rings. The van der Waals surface area contributed by atoms with Crippen LogP contribution in [-0.4, -0.2) is 29.7 Å². The first-order valence-electron chi connectivity index (χ1n) is 14.1. The van der Waals surface area contributed by atoms with Gasteiger partial charge in [0.05, 0.1) is 17.1 Å². The highest BCUT2D eigenvalue weighted by atomic mass is 15.3. The van der Waals surface area contributed by atoms with Crippen molar-refractivity contribution in [2.45, 2.75) is 0 Å². The minimum absolute atomic E-state index is 0.628. The predicted octanol–water partition coefficient (Wildman–Crippen LogP) is 8.43. The Morgan fingerprint density at radius 3 is 1.84 bits per heavy atom. The van der Waals surface area contributed by atoms with Gasteiger partial charge < -0.3 is 0 Å². The molecule has 0 saturated heterocycles. The van der Waals surface area contributed by atoms with E-state index in [0.29, 0.717) is 17.3 Å². The van der Waals surface area contributed by atoms with Crippen molar-refractivity contribution >= 4 is 21.5 Å². The molecule has 0 saturated carbocycles. The molecule has 6 heteroatoms. The lowest BCUT2D eigenvalue weighted by molar-refractivity contribution is 1.05. The predicted molar refractivity (Wildman–Crippen MR) is 171 cm³/mol. The topological polar surface area (TPSA) is 69.4 Å². The van der Waals surface area contributed by atoms with Crippen molar-refractivity contribution in [3.05, 3.63) is 146 Å². The first-order chi connectivity index (χ1) is 21.3. The number of nitrogens with zero attached hydrogens (tertiary/aromatic N) is 6. The van der Waals surface area contributed by atoms with Crippen molar-refractivity contribution in [3.63, 3.8) is 0 Å². The van der Waals surface area contributed by atoms with Gasteiger partial charge >= 0.3 is 0 Å². The van der Waals surface area contributed by atoms with E-state index < -0.39 is 0 Å². The van der Waals surface area contributed by atoms with Gasteiger partial charge in [0, 0.05) is 17.4 Å². The first kappa shape index (κ1) is 24.8. The average molecular weight is 553 g/mol. The summed E-state index contributed by atoms with van der Waals surface area (Å²) in [4.78, 5) is 14.5. The summed E-state index contributed by atoms with van der Waals surface area (Å²) in [6, 6.07) is 47.1. The molecule has 0 radical (unpaired) electrons. The summed E-state index contributed by atoms with van der Waals surface area (Å²) < 4.78 is 2.02. The Balaban J connectivity index is 1.25. The number of fused-ring (bicyclic) bond motifs is 3. The van der Waals surface area contributed by atoms with Crippen molar-refractivity contribution in [2.75, 3.05) is 0 Å². The van der Waals surface area contributed by atoms with E-state index in [1.54, 1.807) is 6.20 Å². The summed E-state index contributed by atoms with van der Waals surface area (Å²) in [5.41, 5.74) is 5.82. The van der Waals surface area contributed by atoms with Crippen LogP contribution in [0.4, 0.5) is 0 Å². The Kier molecular flexibility index (Phi) is 6.01. The summed E-state index contributed by atoms with van der Waals surface area (Å²) in [7, 11) is 0. The Morgan fingerprint density at radius 2 is 1.05 bits per heavy atom. The monoisotopic (exact) mass is 552 g/mol. The Morgan fingerprint density at radius 1 is 0.419 bits per heavy atom. The van der Waals surface area contributed by atoms with Crippen LogP contribution < -0.4 is 0 Å². The molecule has 0 atom stereocenters. The minimum atomic E-state index is 0.628. The molecule has 0 amide bonds. The van der Waals surface area contributed by atoms with Crippen molar-refractivity contribution in [3.8, 4) is 51.4 Å². The van der Waals surface area contributed by atoms with Gasteiger partial charge in [0.25, 0.3) is 0 Å². The quantitative estimate of drug-likeness (QED) is 0.200. The number of para-hydroxylation sites is 1. The van der Waals surface area contributed by atoms with Crippen LogP contribution in [0.15, 0.2) is 146 Å². The molecule has 8 aromatic rings. The molecule has 202 valence electrons. The van der Waals surface area contributed by atoms with Gasteiger partial charge in [-0.2, -0.15) is 0 Å². The van der Waals surface area contributed by atoms with Crippen LogP contribution in [-0.2, 0) is 0 Å². The molecular formula is C37H24N6. The van der Waals surface area contributed by atoms with E-state index in [4.69, 9.17) is 9.97 Å². The zero-order valence-electron chi connectivity index (χ0n) is 23.0. The zero-order chi connectivity index (χ0) is 28.6. The average Bonchev–Trinajstić information content (AvgIpc) is 3.54. The number of benzene rings is 4. The molecule has 4 aromatic heterocycles. The van der Waals surface area contributed by atoms with Crippen LogP contribution >= 0.6 is 0 Å². The molecule has 8 rings (SSSR count). The van der Waals surface area contributed by atoms with Crippen LogP contribution in [0, 0.1) is 0 Å². The van der Waals surface area contributed by atoms with Crippen molar-refractivity contribution in [2.24, 2.45) is 0 Å². The lowest BCUT2D eigenvalue weighted by Gasteiger charge is -2.12. The second-order valence-corrected chi connectivity index (χ2v) is 10.3. The van der Waals surface area contributed by atoms with Crippen molar-refractivity contribution < 1.29 is 0 Å². The number of pyridine rings is 3. The molecule has 6 nitrogen and oxygen atoms in total. The standard InChI is InChI=1S/C37H24N6/c1-2-11-28(12-3-1)43-36(41-42-37(43)35-18-9-16-33(40-35)32-14-6-7-23-38-32)34-17-8-15-31(39-34)27-21-22-30-26(24-27)20-19-25-10-4-5-13-29(25)30/h1-24H. The van der Waals surface area contributed by atoms with Gasteiger partial charge in [0.2, 0.25) is 0 Å². The Labute approximate surface area is 248 Å². The van der Waals surface area contributed by atoms with E-state index in [0.717, 1.165) is 34.0 Å². The van der Waals surface area contributed by atoms with Crippen LogP contribution in [0.5, 0.6) is 0 Å². The Bertz CT molecular complexity index is 2240. The smallest absolute Gasteiger partial charge is 0.187 e. The van der Waals surface area contributed by atoms with Gasteiger partial charge in [-0.1, -0.05) is 84.9 Å². The molecular weight excluding hydrogens is 528 g/mol. The van der Waals surface area contributed by atoms with Crippen LogP contribution in [0.3, 0.4) is 0 Å². The first-order valence-corrected chi connectivity index (χ1v) is 14.1. The van der Waals surface area contributed by atoms with Gasteiger partial charge in [-0.05, 0) is 76.1 Å². The summed E-state index contributed by atoms with van der Waals surface area (Å²) >= 11 is 0. The molecule has 0 bridgehead atoms. The molecule has 4 aromatic carbocycles. The summed E-state index contributed by atoms with van der Waals surface area (Å²) in [5, 5.41) is 14.2.